The Labute approximate surface area is 212 Å². The molecule has 4 aliphatic carbocycles. The minimum Gasteiger partial charge on any atom is -0.454 e. The highest BCUT2D eigenvalue weighted by atomic mass is 32.2. The standard InChI is InChI=1S/C24H29F3O9S/c1-9-8-22-10(2)7-13-15(21(13,5)6)14(17(22)29)16(36-37(31,32)24(25,26)27)11(3)19-23(22,35-20(30)34-19)18(9)33-12(4)28/h8,10-11,13-16,18-19H,7H2,1-6H3/t10-,11+,13-,14-,15?,16-,18?,19-,22+,23?/m1/s1. The third-order valence-electron chi connectivity index (χ3n) is 9.58. The summed E-state index contributed by atoms with van der Waals surface area (Å²) in [7, 11) is -6.12. The number of Topliss-reactive ketones (excluding diaryl/α,β-unsaturated/α-hetero) is 1. The fraction of sp³-hybridized carbons (Fsp3) is 0.792. The predicted molar refractivity (Wildman–Crippen MR) is 118 cm³/mol. The molecule has 0 N–H and O–H groups in total. The lowest BCUT2D eigenvalue weighted by Gasteiger charge is -2.47. The smallest absolute Gasteiger partial charge is 0.454 e. The van der Waals surface area contributed by atoms with E-state index in [0.29, 0.717) is 12.0 Å². The van der Waals surface area contributed by atoms with E-state index < -0.39 is 91.9 Å². The average Bonchev–Trinajstić information content (AvgIpc) is 3.03. The monoisotopic (exact) mass is 550 g/mol. The van der Waals surface area contributed by atoms with E-state index in [0.717, 1.165) is 6.92 Å². The van der Waals surface area contributed by atoms with Gasteiger partial charge >= 0.3 is 27.8 Å². The van der Waals surface area contributed by atoms with E-state index >= 15 is 0 Å². The van der Waals surface area contributed by atoms with Crippen molar-refractivity contribution in [1.29, 1.82) is 0 Å². The summed E-state index contributed by atoms with van der Waals surface area (Å²) in [5.74, 6) is -4.98. The summed E-state index contributed by atoms with van der Waals surface area (Å²) in [6, 6.07) is 0. The summed E-state index contributed by atoms with van der Waals surface area (Å²) in [6.45, 7) is 9.69. The highest BCUT2D eigenvalue weighted by Gasteiger charge is 2.83. The number of hydrogen-bond donors (Lipinski definition) is 0. The molecule has 0 amide bonds. The molecule has 3 unspecified atom stereocenters. The van der Waals surface area contributed by atoms with Crippen LogP contribution in [-0.4, -0.2) is 55.7 Å². The molecule has 1 saturated heterocycles. The van der Waals surface area contributed by atoms with Gasteiger partial charge in [0.05, 0.1) is 17.4 Å². The number of halogens is 3. The first kappa shape index (κ1) is 26.5. The van der Waals surface area contributed by atoms with Gasteiger partial charge in [-0.05, 0) is 42.1 Å². The van der Waals surface area contributed by atoms with Crippen molar-refractivity contribution >= 4 is 28.0 Å². The molecule has 4 fully saturated rings. The molecule has 13 heteroatoms. The number of esters is 1. The minimum atomic E-state index is -6.12. The Hall–Kier alpha value is -2.15. The maximum absolute atomic E-state index is 14.7. The Kier molecular flexibility index (Phi) is 5.35. The molecule has 5 aliphatic rings. The lowest BCUT2D eigenvalue weighted by molar-refractivity contribution is -0.181. The van der Waals surface area contributed by atoms with Gasteiger partial charge in [-0.15, -0.1) is 0 Å². The SMILES string of the molecule is CC(=O)OC1C(C)=C[C@@]23C(=O)[C@H](C4[C@@H](C[C@H]2C)C4(C)C)[C@H](OS(=O)(=O)C(F)(F)F)[C@H](C)[C@H]2OC(=O)OC123. The highest BCUT2D eigenvalue weighted by molar-refractivity contribution is 7.87. The molecule has 0 radical (unpaired) electrons. The topological polar surface area (TPSA) is 122 Å². The minimum absolute atomic E-state index is 0.129. The molecule has 2 bridgehead atoms. The number of ether oxygens (including phenoxy) is 3. The summed E-state index contributed by atoms with van der Waals surface area (Å²) < 4.78 is 86.7. The summed E-state index contributed by atoms with van der Waals surface area (Å²) in [5.41, 5.74) is -9.35. The van der Waals surface area contributed by atoms with Crippen LogP contribution in [0.2, 0.25) is 0 Å². The van der Waals surface area contributed by atoms with Gasteiger partial charge in [0.25, 0.3) is 0 Å². The van der Waals surface area contributed by atoms with Crippen molar-refractivity contribution in [3.63, 3.8) is 0 Å². The Morgan fingerprint density at radius 3 is 2.38 bits per heavy atom. The van der Waals surface area contributed by atoms with Crippen molar-refractivity contribution in [2.45, 2.75) is 77.4 Å². The maximum Gasteiger partial charge on any atom is 0.523 e. The first-order valence-corrected chi connectivity index (χ1v) is 13.6. The van der Waals surface area contributed by atoms with E-state index in [1.165, 1.54) is 6.92 Å². The molecule has 1 heterocycles. The molecule has 0 aromatic carbocycles. The van der Waals surface area contributed by atoms with Gasteiger partial charge in [-0.2, -0.15) is 21.6 Å². The number of ketones is 1. The summed E-state index contributed by atoms with van der Waals surface area (Å²) >= 11 is 0. The Morgan fingerprint density at radius 2 is 1.81 bits per heavy atom. The van der Waals surface area contributed by atoms with E-state index in [9.17, 15) is 36.0 Å². The molecule has 9 nitrogen and oxygen atoms in total. The zero-order chi connectivity index (χ0) is 27.7. The van der Waals surface area contributed by atoms with Gasteiger partial charge in [0.2, 0.25) is 5.60 Å². The van der Waals surface area contributed by atoms with Gasteiger partial charge in [0.1, 0.15) is 0 Å². The van der Waals surface area contributed by atoms with Crippen molar-refractivity contribution < 1.29 is 54.4 Å². The van der Waals surface area contributed by atoms with Gasteiger partial charge in [-0.3, -0.25) is 13.8 Å². The molecule has 2 spiro atoms. The predicted octanol–water partition coefficient (Wildman–Crippen LogP) is 3.52. The Morgan fingerprint density at radius 1 is 1.19 bits per heavy atom. The quantitative estimate of drug-likeness (QED) is 0.225. The van der Waals surface area contributed by atoms with Crippen molar-refractivity contribution in [1.82, 2.24) is 0 Å². The molecule has 0 aromatic heterocycles. The number of hydrogen-bond acceptors (Lipinski definition) is 9. The van der Waals surface area contributed by atoms with E-state index in [1.807, 2.05) is 13.8 Å². The van der Waals surface area contributed by atoms with Gasteiger partial charge < -0.3 is 14.2 Å². The number of carbonyl (C=O) groups is 3. The van der Waals surface area contributed by atoms with Crippen LogP contribution < -0.4 is 0 Å². The second-order valence-corrected chi connectivity index (χ2v) is 13.3. The molecular weight excluding hydrogens is 521 g/mol. The summed E-state index contributed by atoms with van der Waals surface area (Å²) in [6.07, 6.45) is -3.68. The molecule has 0 aromatic rings. The lowest BCUT2D eigenvalue weighted by Crippen LogP contribution is -2.65. The largest absolute Gasteiger partial charge is 0.523 e. The molecule has 3 saturated carbocycles. The van der Waals surface area contributed by atoms with Gasteiger partial charge in [0.15, 0.2) is 18.0 Å². The molecule has 10 atom stereocenters. The van der Waals surface area contributed by atoms with Crippen LogP contribution in [0.25, 0.3) is 0 Å². The van der Waals surface area contributed by atoms with Crippen LogP contribution in [0.4, 0.5) is 18.0 Å². The van der Waals surface area contributed by atoms with Gasteiger partial charge in [0, 0.05) is 12.8 Å². The van der Waals surface area contributed by atoms with Crippen LogP contribution >= 0.6 is 0 Å². The van der Waals surface area contributed by atoms with Gasteiger partial charge in [-0.25, -0.2) is 4.79 Å². The molecule has 206 valence electrons. The number of carbonyl (C=O) groups excluding carboxylic acids is 3. The van der Waals surface area contributed by atoms with Crippen LogP contribution in [0.5, 0.6) is 0 Å². The van der Waals surface area contributed by atoms with Crippen LogP contribution in [0.15, 0.2) is 11.6 Å². The fourth-order valence-corrected chi connectivity index (χ4v) is 8.77. The lowest BCUT2D eigenvalue weighted by atomic mass is 9.59. The van der Waals surface area contributed by atoms with Crippen LogP contribution in [0, 0.1) is 40.4 Å². The van der Waals surface area contributed by atoms with Crippen molar-refractivity contribution in [2.75, 3.05) is 0 Å². The molecular formula is C24H29F3O9S. The number of rotatable bonds is 3. The average molecular weight is 551 g/mol. The van der Waals surface area contributed by atoms with E-state index in [1.54, 1.807) is 19.9 Å². The summed E-state index contributed by atoms with van der Waals surface area (Å²) in [5, 5.41) is 0. The van der Waals surface area contributed by atoms with Gasteiger partial charge in [-0.1, -0.05) is 33.8 Å². The van der Waals surface area contributed by atoms with E-state index in [4.69, 9.17) is 18.4 Å². The molecule has 1 aliphatic heterocycles. The van der Waals surface area contributed by atoms with Crippen LogP contribution in [-0.2, 0) is 38.1 Å². The fourth-order valence-electron chi connectivity index (χ4n) is 8.07. The highest BCUT2D eigenvalue weighted by Crippen LogP contribution is 2.74. The zero-order valence-corrected chi connectivity index (χ0v) is 21.9. The zero-order valence-electron chi connectivity index (χ0n) is 21.1. The normalized spacial score (nSPS) is 45.8. The number of alkyl halides is 3. The first-order valence-electron chi connectivity index (χ1n) is 12.1. The third kappa shape index (κ3) is 3.12. The second-order valence-electron chi connectivity index (χ2n) is 11.7. The molecule has 37 heavy (non-hydrogen) atoms. The third-order valence-corrected chi connectivity index (χ3v) is 10.6. The number of fused-ring (bicyclic) bond motifs is 3. The Balaban J connectivity index is 1.79. The van der Waals surface area contributed by atoms with Crippen molar-refractivity contribution in [2.24, 2.45) is 40.4 Å². The van der Waals surface area contributed by atoms with E-state index in [2.05, 4.69) is 0 Å². The Bertz CT molecular complexity index is 1220. The van der Waals surface area contributed by atoms with Crippen LogP contribution in [0.3, 0.4) is 0 Å². The molecule has 5 rings (SSSR count). The van der Waals surface area contributed by atoms with E-state index in [-0.39, 0.29) is 5.92 Å². The maximum atomic E-state index is 14.7. The van der Waals surface area contributed by atoms with Crippen molar-refractivity contribution in [3.05, 3.63) is 11.6 Å². The summed E-state index contributed by atoms with van der Waals surface area (Å²) in [4.78, 5) is 39.5. The first-order chi connectivity index (χ1) is 16.8. The van der Waals surface area contributed by atoms with Crippen LogP contribution in [0.1, 0.15) is 48.0 Å². The second kappa shape index (κ2) is 7.49. The van der Waals surface area contributed by atoms with Crippen molar-refractivity contribution in [3.8, 4) is 0 Å².